The van der Waals surface area contributed by atoms with Gasteiger partial charge < -0.3 is 10.2 Å². The molecule has 0 spiro atoms. The Hall–Kier alpha value is -2.62. The van der Waals surface area contributed by atoms with Crippen LogP contribution in [-0.4, -0.2) is 71.8 Å². The van der Waals surface area contributed by atoms with Crippen molar-refractivity contribution >= 4 is 30.6 Å². The number of allylic oxidation sites excluding steroid dienone is 3. The summed E-state index contributed by atoms with van der Waals surface area (Å²) in [5, 5.41) is 7.62. The van der Waals surface area contributed by atoms with Gasteiger partial charge in [-0.2, -0.15) is 0 Å². The van der Waals surface area contributed by atoms with Gasteiger partial charge in [-0.1, -0.05) is 18.6 Å². The maximum Gasteiger partial charge on any atom is 0.241 e. The first-order valence-electron chi connectivity index (χ1n) is 11.9. The van der Waals surface area contributed by atoms with Crippen molar-refractivity contribution in [2.75, 3.05) is 25.5 Å². The largest absolute Gasteiger partial charge is 0.347 e. The fourth-order valence-corrected chi connectivity index (χ4v) is 3.55. The second-order valence-corrected chi connectivity index (χ2v) is 9.14. The van der Waals surface area contributed by atoms with Gasteiger partial charge in [0.1, 0.15) is 14.0 Å². The second kappa shape index (κ2) is 13.5. The number of nitrogens with zero attached hydrogens (tertiary/aromatic N) is 5. The van der Waals surface area contributed by atoms with Crippen molar-refractivity contribution in [1.29, 1.82) is 0 Å². The first kappa shape index (κ1) is 28.6. The lowest BCUT2D eigenvalue weighted by Gasteiger charge is -2.32. The highest BCUT2D eigenvalue weighted by Crippen LogP contribution is 2.18. The molecule has 2 unspecified atom stereocenters. The van der Waals surface area contributed by atoms with E-state index in [1.165, 1.54) is 6.92 Å². The third-order valence-electron chi connectivity index (χ3n) is 5.47. The molecule has 2 radical (unpaired) electrons. The molecule has 10 heteroatoms. The molecule has 6 nitrogen and oxygen atoms in total. The molecule has 0 amide bonds. The van der Waals surface area contributed by atoms with Crippen LogP contribution in [0.2, 0.25) is 0 Å². The average molecular weight is 488 g/mol. The smallest absolute Gasteiger partial charge is 0.241 e. The Morgan fingerprint density at radius 1 is 1.31 bits per heavy atom. The van der Waals surface area contributed by atoms with Crippen LogP contribution in [-0.2, 0) is 6.42 Å². The van der Waals surface area contributed by atoms with Crippen LogP contribution in [0.1, 0.15) is 53.0 Å². The van der Waals surface area contributed by atoms with Crippen molar-refractivity contribution in [2.24, 2.45) is 4.99 Å². The molecule has 1 aliphatic rings. The fourth-order valence-electron chi connectivity index (χ4n) is 3.55. The SMILES string of the molecule is CCC(F)F.[B]c1cc(C/C=C\C(N=C(C)C)=C(C)C)c2cnc(NC3CCN(C)CC3F)nn12. The predicted octanol–water partition coefficient (Wildman–Crippen LogP) is 4.51. The Bertz CT molecular complexity index is 1050. The number of likely N-dealkylation sites (tertiary alicyclic amines) is 1. The highest BCUT2D eigenvalue weighted by atomic mass is 19.3. The highest BCUT2D eigenvalue weighted by molar-refractivity contribution is 6.31. The molecule has 0 aromatic carbocycles. The zero-order valence-corrected chi connectivity index (χ0v) is 21.5. The number of alkyl halides is 3. The third-order valence-corrected chi connectivity index (χ3v) is 5.47. The van der Waals surface area contributed by atoms with Crippen LogP contribution >= 0.6 is 0 Å². The van der Waals surface area contributed by atoms with Gasteiger partial charge in [0.05, 0.1) is 23.5 Å². The summed E-state index contributed by atoms with van der Waals surface area (Å²) in [5.74, 6) is 0.392. The van der Waals surface area contributed by atoms with Gasteiger partial charge in [0, 0.05) is 25.2 Å². The monoisotopic (exact) mass is 488 g/mol. The minimum Gasteiger partial charge on any atom is -0.347 e. The minimum absolute atomic E-state index is 0.0278. The molecular weight excluding hydrogens is 452 g/mol. The lowest BCUT2D eigenvalue weighted by Crippen LogP contribution is -2.46. The summed E-state index contributed by atoms with van der Waals surface area (Å²) in [5.41, 5.74) is 5.55. The molecule has 1 fully saturated rings. The standard InChI is InChI=1S/C22H30BFN6.C3H6F2/c1-14(2)18(26-15(3)4)8-6-7-16-11-21(23)30-20(16)12-25-22(28-30)27-19-9-10-29(5)13-17(19)24;1-2-3(4)5/h6,8,11-12,17,19H,7,9-10,13H2,1-5H3,(H,27,28);3H,2H2,1H3/b8-6-;. The van der Waals surface area contributed by atoms with Gasteiger partial charge in [-0.05, 0) is 70.9 Å². The molecule has 1 aliphatic heterocycles. The van der Waals surface area contributed by atoms with Crippen molar-refractivity contribution in [3.63, 3.8) is 0 Å². The predicted molar refractivity (Wildman–Crippen MR) is 139 cm³/mol. The molecule has 1 N–H and O–H groups in total. The van der Waals surface area contributed by atoms with E-state index in [0.717, 1.165) is 34.6 Å². The van der Waals surface area contributed by atoms with Crippen molar-refractivity contribution in [3.8, 4) is 0 Å². The number of piperidine rings is 1. The van der Waals surface area contributed by atoms with Crippen molar-refractivity contribution < 1.29 is 13.2 Å². The number of rotatable bonds is 7. The van der Waals surface area contributed by atoms with Crippen LogP contribution in [0.4, 0.5) is 19.1 Å². The zero-order valence-electron chi connectivity index (χ0n) is 21.5. The molecule has 1 saturated heterocycles. The van der Waals surface area contributed by atoms with E-state index in [-0.39, 0.29) is 12.5 Å². The van der Waals surface area contributed by atoms with E-state index < -0.39 is 12.6 Å². The van der Waals surface area contributed by atoms with E-state index in [1.807, 2.05) is 51.8 Å². The summed E-state index contributed by atoms with van der Waals surface area (Å²) in [4.78, 5) is 11.0. The van der Waals surface area contributed by atoms with Gasteiger partial charge in [-0.15, -0.1) is 5.10 Å². The average Bonchev–Trinajstić information content (AvgIpc) is 3.10. The third kappa shape index (κ3) is 8.83. The number of fused-ring (bicyclic) bond motifs is 1. The minimum atomic E-state index is -2.12. The normalized spacial score (nSPS) is 18.5. The summed E-state index contributed by atoms with van der Waals surface area (Å²) in [6.45, 7) is 10.8. The Balaban J connectivity index is 0.000000784. The van der Waals surface area contributed by atoms with Gasteiger partial charge in [-0.3, -0.25) is 4.99 Å². The lowest BCUT2D eigenvalue weighted by atomic mass is 10.0. The number of hydrogen-bond donors (Lipinski definition) is 1. The highest BCUT2D eigenvalue weighted by Gasteiger charge is 2.28. The maximum absolute atomic E-state index is 14.3. The Labute approximate surface area is 207 Å². The van der Waals surface area contributed by atoms with E-state index in [0.29, 0.717) is 30.9 Å². The molecule has 3 rings (SSSR count). The molecule has 2 aromatic heterocycles. The lowest BCUT2D eigenvalue weighted by molar-refractivity contribution is 0.144. The quantitative estimate of drug-likeness (QED) is 0.354. The van der Waals surface area contributed by atoms with Gasteiger partial charge in [0.15, 0.2) is 0 Å². The number of nitrogens with one attached hydrogen (secondary N) is 1. The number of halogens is 3. The molecule has 3 heterocycles. The van der Waals surface area contributed by atoms with Crippen molar-refractivity contribution in [3.05, 3.63) is 41.2 Å². The summed E-state index contributed by atoms with van der Waals surface area (Å²) < 4.78 is 37.5. The number of hydrogen-bond acceptors (Lipinski definition) is 5. The molecule has 2 aromatic rings. The van der Waals surface area contributed by atoms with Crippen LogP contribution in [0.5, 0.6) is 0 Å². The van der Waals surface area contributed by atoms with E-state index >= 15 is 0 Å². The summed E-state index contributed by atoms with van der Waals surface area (Å²) in [6, 6.07) is 1.62. The second-order valence-electron chi connectivity index (χ2n) is 9.14. The van der Waals surface area contributed by atoms with E-state index in [4.69, 9.17) is 7.85 Å². The Morgan fingerprint density at radius 3 is 2.57 bits per heavy atom. The zero-order chi connectivity index (χ0) is 26.1. The van der Waals surface area contributed by atoms with Gasteiger partial charge >= 0.3 is 0 Å². The molecule has 0 aliphatic carbocycles. The van der Waals surface area contributed by atoms with Crippen LogP contribution in [0.25, 0.3) is 5.52 Å². The van der Waals surface area contributed by atoms with Gasteiger partial charge in [-0.25, -0.2) is 22.7 Å². The molecular formula is C25H36BF3N6. The maximum atomic E-state index is 14.3. The van der Waals surface area contributed by atoms with Gasteiger partial charge in [0.2, 0.25) is 12.4 Å². The van der Waals surface area contributed by atoms with E-state index in [1.54, 1.807) is 10.7 Å². The summed E-state index contributed by atoms with van der Waals surface area (Å²) in [6.07, 6.45) is 4.14. The van der Waals surface area contributed by atoms with Crippen molar-refractivity contribution in [1.82, 2.24) is 19.5 Å². The molecule has 0 bridgehead atoms. The summed E-state index contributed by atoms with van der Waals surface area (Å²) in [7, 11) is 8.11. The molecule has 0 saturated carbocycles. The van der Waals surface area contributed by atoms with Crippen LogP contribution in [0, 0.1) is 0 Å². The van der Waals surface area contributed by atoms with Crippen molar-refractivity contribution in [2.45, 2.75) is 72.5 Å². The summed E-state index contributed by atoms with van der Waals surface area (Å²) >= 11 is 0. The van der Waals surface area contributed by atoms with Crippen LogP contribution in [0.15, 0.2) is 40.7 Å². The Morgan fingerprint density at radius 2 is 2.00 bits per heavy atom. The van der Waals surface area contributed by atoms with Crippen LogP contribution in [0.3, 0.4) is 0 Å². The molecule has 35 heavy (non-hydrogen) atoms. The van der Waals surface area contributed by atoms with E-state index in [2.05, 4.69) is 26.5 Å². The number of aliphatic imine (C=N–C) groups is 1. The van der Waals surface area contributed by atoms with Gasteiger partial charge in [0.25, 0.3) is 0 Å². The first-order chi connectivity index (χ1) is 16.5. The number of anilines is 1. The molecule has 2 atom stereocenters. The fraction of sp³-hybridized carbons (Fsp3) is 0.560. The number of aromatic nitrogens is 3. The van der Waals surface area contributed by atoms with E-state index in [9.17, 15) is 13.2 Å². The molecule has 190 valence electrons. The Kier molecular flexibility index (Phi) is 11.0. The van der Waals surface area contributed by atoms with Crippen LogP contribution < -0.4 is 10.9 Å². The topological polar surface area (TPSA) is 57.8 Å². The first-order valence-corrected chi connectivity index (χ1v) is 11.9.